The minimum absolute atomic E-state index is 0.226. The summed E-state index contributed by atoms with van der Waals surface area (Å²) in [7, 11) is 1.44. The molecule has 6 heteroatoms. The van der Waals surface area contributed by atoms with Crippen molar-refractivity contribution in [3.63, 3.8) is 0 Å². The highest BCUT2D eigenvalue weighted by atomic mass is 79.9. The van der Waals surface area contributed by atoms with Gasteiger partial charge in [-0.1, -0.05) is 28.1 Å². The molecule has 0 aromatic heterocycles. The van der Waals surface area contributed by atoms with E-state index in [0.717, 1.165) is 6.07 Å². The predicted molar refractivity (Wildman–Crippen MR) is 81.7 cm³/mol. The number of para-hydroxylation sites is 1. The molecule has 0 heterocycles. The molecule has 0 radical (unpaired) electrons. The largest absolute Gasteiger partial charge is 0.496 e. The van der Waals surface area contributed by atoms with E-state index in [1.165, 1.54) is 19.2 Å². The lowest BCUT2D eigenvalue weighted by molar-refractivity contribution is 0.0469. The summed E-state index contributed by atoms with van der Waals surface area (Å²) < 4.78 is 24.1. The van der Waals surface area contributed by atoms with Crippen molar-refractivity contribution < 1.29 is 23.5 Å². The molecular formula is C16H12BrFO4. The van der Waals surface area contributed by atoms with Crippen LogP contribution < -0.4 is 4.74 Å². The summed E-state index contributed by atoms with van der Waals surface area (Å²) in [5.41, 5.74) is 0.0742. The Balaban J connectivity index is 2.06. The fourth-order valence-corrected chi connectivity index (χ4v) is 2.15. The highest BCUT2D eigenvalue weighted by Gasteiger charge is 2.17. The van der Waals surface area contributed by atoms with Gasteiger partial charge in [0.15, 0.2) is 6.61 Å². The van der Waals surface area contributed by atoms with Gasteiger partial charge in [-0.15, -0.1) is 0 Å². The minimum Gasteiger partial charge on any atom is -0.496 e. The molecular weight excluding hydrogens is 355 g/mol. The third-order valence-electron chi connectivity index (χ3n) is 2.89. The van der Waals surface area contributed by atoms with Gasteiger partial charge in [-0.2, -0.15) is 0 Å². The summed E-state index contributed by atoms with van der Waals surface area (Å²) in [6, 6.07) is 10.5. The summed E-state index contributed by atoms with van der Waals surface area (Å²) >= 11 is 3.09. The number of carbonyl (C=O) groups is 2. The first-order valence-electron chi connectivity index (χ1n) is 6.31. The molecule has 2 rings (SSSR count). The van der Waals surface area contributed by atoms with Crippen LogP contribution in [0.25, 0.3) is 0 Å². The molecule has 4 nitrogen and oxygen atoms in total. The average Bonchev–Trinajstić information content (AvgIpc) is 2.52. The van der Waals surface area contributed by atoms with Crippen LogP contribution in [-0.4, -0.2) is 25.5 Å². The van der Waals surface area contributed by atoms with E-state index in [-0.39, 0.29) is 5.56 Å². The Labute approximate surface area is 135 Å². The minimum atomic E-state index is -0.895. The van der Waals surface area contributed by atoms with E-state index >= 15 is 0 Å². The van der Waals surface area contributed by atoms with E-state index < -0.39 is 24.2 Å². The third-order valence-corrected chi connectivity index (χ3v) is 3.39. The Morgan fingerprint density at radius 1 is 1.14 bits per heavy atom. The topological polar surface area (TPSA) is 52.6 Å². The number of Topliss-reactive ketones (excluding diaryl/α,β-unsaturated/α-hetero) is 1. The number of halogens is 2. The van der Waals surface area contributed by atoms with E-state index in [1.54, 1.807) is 24.3 Å². The van der Waals surface area contributed by atoms with Crippen molar-refractivity contribution >= 4 is 27.7 Å². The van der Waals surface area contributed by atoms with Gasteiger partial charge < -0.3 is 9.47 Å². The second-order valence-electron chi connectivity index (χ2n) is 4.32. The predicted octanol–water partition coefficient (Wildman–Crippen LogP) is 3.64. The van der Waals surface area contributed by atoms with Gasteiger partial charge >= 0.3 is 5.97 Å². The van der Waals surface area contributed by atoms with Crippen LogP contribution >= 0.6 is 15.9 Å². The maximum atomic E-state index is 13.6. The van der Waals surface area contributed by atoms with Crippen LogP contribution in [0.3, 0.4) is 0 Å². The zero-order valence-electron chi connectivity index (χ0n) is 11.6. The van der Waals surface area contributed by atoms with Gasteiger partial charge in [-0.3, -0.25) is 4.79 Å². The zero-order valence-corrected chi connectivity index (χ0v) is 13.2. The van der Waals surface area contributed by atoms with Crippen molar-refractivity contribution in [2.45, 2.75) is 0 Å². The molecule has 0 saturated carbocycles. The quantitative estimate of drug-likeness (QED) is 0.598. The number of hydrogen-bond acceptors (Lipinski definition) is 4. The normalized spacial score (nSPS) is 10.1. The Kier molecular flexibility index (Phi) is 5.27. The van der Waals surface area contributed by atoms with Crippen molar-refractivity contribution in [1.82, 2.24) is 0 Å². The molecule has 22 heavy (non-hydrogen) atoms. The van der Waals surface area contributed by atoms with Crippen LogP contribution in [-0.2, 0) is 4.74 Å². The molecule has 0 amide bonds. The van der Waals surface area contributed by atoms with Crippen LogP contribution in [0.1, 0.15) is 20.7 Å². The van der Waals surface area contributed by atoms with Crippen molar-refractivity contribution in [2.24, 2.45) is 0 Å². The van der Waals surface area contributed by atoms with Crippen LogP contribution in [0.4, 0.5) is 4.39 Å². The maximum absolute atomic E-state index is 13.6. The average molecular weight is 367 g/mol. The van der Waals surface area contributed by atoms with Crippen molar-refractivity contribution in [1.29, 1.82) is 0 Å². The number of rotatable bonds is 5. The van der Waals surface area contributed by atoms with E-state index in [2.05, 4.69) is 15.9 Å². The van der Waals surface area contributed by atoms with Gasteiger partial charge in [-0.05, 0) is 30.3 Å². The lowest BCUT2D eigenvalue weighted by Crippen LogP contribution is -2.16. The van der Waals surface area contributed by atoms with Gasteiger partial charge in [0.05, 0.1) is 18.2 Å². The number of hydrogen-bond donors (Lipinski definition) is 0. The fourth-order valence-electron chi connectivity index (χ4n) is 1.82. The van der Waals surface area contributed by atoms with Crippen molar-refractivity contribution in [2.75, 3.05) is 13.7 Å². The fraction of sp³-hybridized carbons (Fsp3) is 0.125. The van der Waals surface area contributed by atoms with Gasteiger partial charge in [-0.25, -0.2) is 9.18 Å². The standard InChI is InChI=1S/C16H12BrFO4/c1-21-15-5-3-2-4-12(15)14(19)9-22-16(20)11-7-6-10(17)8-13(11)18/h2-8H,9H2,1H3. The summed E-state index contributed by atoms with van der Waals surface area (Å²) in [5.74, 6) is -1.65. The maximum Gasteiger partial charge on any atom is 0.341 e. The number of methoxy groups -OCH3 is 1. The van der Waals surface area contributed by atoms with Gasteiger partial charge in [0.2, 0.25) is 5.78 Å². The highest BCUT2D eigenvalue weighted by Crippen LogP contribution is 2.19. The first kappa shape index (κ1) is 16.2. The molecule has 0 aliphatic carbocycles. The first-order chi connectivity index (χ1) is 10.5. The van der Waals surface area contributed by atoms with Gasteiger partial charge in [0.25, 0.3) is 0 Å². The number of benzene rings is 2. The van der Waals surface area contributed by atoms with Crippen LogP contribution in [0.15, 0.2) is 46.9 Å². The Bertz CT molecular complexity index is 715. The number of ketones is 1. The molecule has 114 valence electrons. The Morgan fingerprint density at radius 2 is 1.86 bits per heavy atom. The third kappa shape index (κ3) is 3.71. The molecule has 2 aromatic rings. The van der Waals surface area contributed by atoms with Crippen LogP contribution in [0, 0.1) is 5.82 Å². The lowest BCUT2D eigenvalue weighted by atomic mass is 10.1. The number of ether oxygens (including phenoxy) is 2. The smallest absolute Gasteiger partial charge is 0.341 e. The zero-order chi connectivity index (χ0) is 16.1. The molecule has 0 aliphatic heterocycles. The molecule has 0 bridgehead atoms. The molecule has 0 aliphatic rings. The Morgan fingerprint density at radius 3 is 2.55 bits per heavy atom. The molecule has 2 aromatic carbocycles. The van der Waals surface area contributed by atoms with E-state index in [0.29, 0.717) is 15.8 Å². The van der Waals surface area contributed by atoms with E-state index in [1.807, 2.05) is 0 Å². The van der Waals surface area contributed by atoms with Crippen molar-refractivity contribution in [3.8, 4) is 5.75 Å². The Hall–Kier alpha value is -2.21. The second kappa shape index (κ2) is 7.17. The molecule has 0 unspecified atom stereocenters. The SMILES string of the molecule is COc1ccccc1C(=O)COC(=O)c1ccc(Br)cc1F. The number of carbonyl (C=O) groups excluding carboxylic acids is 2. The van der Waals surface area contributed by atoms with Crippen LogP contribution in [0.5, 0.6) is 5.75 Å². The van der Waals surface area contributed by atoms with Gasteiger partial charge in [0, 0.05) is 4.47 Å². The molecule has 0 saturated heterocycles. The first-order valence-corrected chi connectivity index (χ1v) is 7.10. The summed E-state index contributed by atoms with van der Waals surface area (Å²) in [4.78, 5) is 23.8. The monoisotopic (exact) mass is 366 g/mol. The number of esters is 1. The van der Waals surface area contributed by atoms with E-state index in [9.17, 15) is 14.0 Å². The van der Waals surface area contributed by atoms with Crippen molar-refractivity contribution in [3.05, 3.63) is 63.9 Å². The molecule has 0 fully saturated rings. The molecule has 0 N–H and O–H groups in total. The summed E-state index contributed by atoms with van der Waals surface area (Å²) in [6.45, 7) is -0.491. The summed E-state index contributed by atoms with van der Waals surface area (Å²) in [6.07, 6.45) is 0. The lowest BCUT2D eigenvalue weighted by Gasteiger charge is -2.08. The van der Waals surface area contributed by atoms with Crippen LogP contribution in [0.2, 0.25) is 0 Å². The second-order valence-corrected chi connectivity index (χ2v) is 5.24. The van der Waals surface area contributed by atoms with Gasteiger partial charge in [0.1, 0.15) is 11.6 Å². The highest BCUT2D eigenvalue weighted by molar-refractivity contribution is 9.10. The van der Waals surface area contributed by atoms with E-state index in [4.69, 9.17) is 9.47 Å². The molecule has 0 spiro atoms. The summed E-state index contributed by atoms with van der Waals surface area (Å²) in [5, 5.41) is 0. The molecule has 0 atom stereocenters.